The van der Waals surface area contributed by atoms with Crippen molar-refractivity contribution < 1.29 is 4.79 Å². The van der Waals surface area contributed by atoms with Gasteiger partial charge in [0, 0.05) is 42.8 Å². The van der Waals surface area contributed by atoms with Gasteiger partial charge in [0.1, 0.15) is 17.3 Å². The minimum Gasteiger partial charge on any atom is -0.359 e. The maximum Gasteiger partial charge on any atom is 0.274 e. The molecule has 0 atom stereocenters. The Morgan fingerprint density at radius 3 is 2.61 bits per heavy atom. The molecule has 0 bridgehead atoms. The van der Waals surface area contributed by atoms with E-state index in [1.165, 1.54) is 5.56 Å². The molecule has 6 nitrogen and oxygen atoms in total. The van der Waals surface area contributed by atoms with Gasteiger partial charge in [-0.05, 0) is 55.7 Å². The van der Waals surface area contributed by atoms with Crippen LogP contribution in [0.15, 0.2) is 48.8 Å². The average molecular weight is 396 g/mol. The number of hydrogen-bond acceptors (Lipinski definition) is 5. The van der Waals surface area contributed by atoms with Crippen LogP contribution in [0.4, 0.5) is 11.5 Å². The highest BCUT2D eigenvalue weighted by Gasteiger charge is 2.14. The maximum absolute atomic E-state index is 12.7. The van der Waals surface area contributed by atoms with Gasteiger partial charge in [0.2, 0.25) is 0 Å². The van der Waals surface area contributed by atoms with E-state index in [0.29, 0.717) is 28.0 Å². The van der Waals surface area contributed by atoms with Gasteiger partial charge in [0.25, 0.3) is 5.91 Å². The first-order valence-electron chi connectivity index (χ1n) is 8.95. The minimum absolute atomic E-state index is 0.292. The molecule has 7 heteroatoms. The second kappa shape index (κ2) is 8.80. The van der Waals surface area contributed by atoms with Gasteiger partial charge in [-0.15, -0.1) is 0 Å². The first kappa shape index (κ1) is 19.8. The van der Waals surface area contributed by atoms with Crippen LogP contribution in [0.25, 0.3) is 0 Å². The van der Waals surface area contributed by atoms with Gasteiger partial charge < -0.3 is 10.2 Å². The Hall–Kier alpha value is -2.99. The Balaban J connectivity index is 1.74. The summed E-state index contributed by atoms with van der Waals surface area (Å²) in [6.07, 6.45) is 4.42. The van der Waals surface area contributed by atoms with E-state index in [1.807, 2.05) is 37.1 Å². The first-order chi connectivity index (χ1) is 13.4. The normalized spacial score (nSPS) is 10.6. The number of amides is 1. The standard InChI is InChI=1S/C21H22ClN5O/c1-14-4-5-17(22)12-18(14)26-21(28)19-13-20(25-15(2)24-19)27(3)11-8-16-6-9-23-10-7-16/h4-7,9-10,12-13H,8,11H2,1-3H3,(H,26,28). The summed E-state index contributed by atoms with van der Waals surface area (Å²) in [6.45, 7) is 4.45. The van der Waals surface area contributed by atoms with Crippen LogP contribution in [0.2, 0.25) is 5.02 Å². The van der Waals surface area contributed by atoms with Crippen LogP contribution >= 0.6 is 11.6 Å². The van der Waals surface area contributed by atoms with Crippen molar-refractivity contribution in [1.82, 2.24) is 15.0 Å². The fourth-order valence-corrected chi connectivity index (χ4v) is 2.91. The summed E-state index contributed by atoms with van der Waals surface area (Å²) in [7, 11) is 1.95. The number of anilines is 2. The average Bonchev–Trinajstić information content (AvgIpc) is 2.69. The van der Waals surface area contributed by atoms with Gasteiger partial charge in [0.05, 0.1) is 0 Å². The Bertz CT molecular complexity index is 978. The number of likely N-dealkylation sites (N-methyl/N-ethyl adjacent to an activating group) is 1. The Morgan fingerprint density at radius 1 is 1.11 bits per heavy atom. The number of halogens is 1. The van der Waals surface area contributed by atoms with Crippen LogP contribution < -0.4 is 10.2 Å². The van der Waals surface area contributed by atoms with Crippen LogP contribution in [0.5, 0.6) is 0 Å². The molecular weight excluding hydrogens is 374 g/mol. The van der Waals surface area contributed by atoms with E-state index < -0.39 is 0 Å². The van der Waals surface area contributed by atoms with E-state index in [9.17, 15) is 4.79 Å². The number of rotatable bonds is 6. The van der Waals surface area contributed by atoms with Crippen LogP contribution in [0, 0.1) is 13.8 Å². The quantitative estimate of drug-likeness (QED) is 0.681. The summed E-state index contributed by atoms with van der Waals surface area (Å²) in [5, 5.41) is 3.45. The smallest absolute Gasteiger partial charge is 0.274 e. The molecule has 2 heterocycles. The van der Waals surface area contributed by atoms with Gasteiger partial charge >= 0.3 is 0 Å². The monoisotopic (exact) mass is 395 g/mol. The number of carbonyl (C=O) groups is 1. The summed E-state index contributed by atoms with van der Waals surface area (Å²) in [4.78, 5) is 27.5. The van der Waals surface area contributed by atoms with E-state index in [2.05, 4.69) is 20.3 Å². The van der Waals surface area contributed by atoms with Crippen molar-refractivity contribution in [1.29, 1.82) is 0 Å². The summed E-state index contributed by atoms with van der Waals surface area (Å²) < 4.78 is 0. The zero-order chi connectivity index (χ0) is 20.1. The first-order valence-corrected chi connectivity index (χ1v) is 9.33. The number of nitrogens with one attached hydrogen (secondary N) is 1. The fraction of sp³-hybridized carbons (Fsp3) is 0.238. The Labute approximate surface area is 169 Å². The molecular formula is C21H22ClN5O. The molecule has 0 saturated heterocycles. The molecule has 0 aliphatic rings. The van der Waals surface area contributed by atoms with Crippen molar-refractivity contribution in [3.05, 3.63) is 76.5 Å². The maximum atomic E-state index is 12.7. The third-order valence-corrected chi connectivity index (χ3v) is 4.62. The highest BCUT2D eigenvalue weighted by Crippen LogP contribution is 2.21. The minimum atomic E-state index is -0.292. The number of carbonyl (C=O) groups excluding carboxylic acids is 1. The van der Waals surface area contributed by atoms with Crippen molar-refractivity contribution in [2.75, 3.05) is 23.8 Å². The van der Waals surface area contributed by atoms with Crippen molar-refractivity contribution in [3.63, 3.8) is 0 Å². The molecule has 0 fully saturated rings. The van der Waals surface area contributed by atoms with Crippen LogP contribution in [0.1, 0.15) is 27.4 Å². The number of aromatic nitrogens is 3. The molecule has 0 spiro atoms. The fourth-order valence-electron chi connectivity index (χ4n) is 2.74. The van der Waals surface area contributed by atoms with Crippen molar-refractivity contribution in [3.8, 4) is 0 Å². The lowest BCUT2D eigenvalue weighted by Gasteiger charge is -2.19. The lowest BCUT2D eigenvalue weighted by Crippen LogP contribution is -2.23. The predicted molar refractivity (Wildman–Crippen MR) is 112 cm³/mol. The third-order valence-electron chi connectivity index (χ3n) is 4.38. The zero-order valence-corrected chi connectivity index (χ0v) is 16.9. The molecule has 0 radical (unpaired) electrons. The molecule has 3 aromatic rings. The van der Waals surface area contributed by atoms with Crippen LogP contribution in [0.3, 0.4) is 0 Å². The molecule has 0 unspecified atom stereocenters. The van der Waals surface area contributed by atoms with Gasteiger partial charge in [-0.25, -0.2) is 9.97 Å². The van der Waals surface area contributed by atoms with Gasteiger partial charge in [-0.1, -0.05) is 17.7 Å². The number of aryl methyl sites for hydroxylation is 2. The Morgan fingerprint density at radius 2 is 1.86 bits per heavy atom. The lowest BCUT2D eigenvalue weighted by molar-refractivity contribution is 0.102. The van der Waals surface area contributed by atoms with Gasteiger partial charge in [-0.3, -0.25) is 9.78 Å². The van der Waals surface area contributed by atoms with E-state index in [1.54, 1.807) is 37.5 Å². The van der Waals surface area contributed by atoms with Crippen LogP contribution in [-0.4, -0.2) is 34.5 Å². The highest BCUT2D eigenvalue weighted by molar-refractivity contribution is 6.31. The molecule has 2 aromatic heterocycles. The predicted octanol–water partition coefficient (Wildman–Crippen LogP) is 4.07. The number of benzene rings is 1. The number of hydrogen-bond donors (Lipinski definition) is 1. The van der Waals surface area contributed by atoms with Gasteiger partial charge in [-0.2, -0.15) is 0 Å². The topological polar surface area (TPSA) is 71.0 Å². The van der Waals surface area contributed by atoms with Crippen molar-refractivity contribution >= 4 is 29.0 Å². The number of nitrogens with zero attached hydrogens (tertiary/aromatic N) is 4. The molecule has 0 aliphatic heterocycles. The molecule has 0 saturated carbocycles. The Kier molecular flexibility index (Phi) is 6.21. The summed E-state index contributed by atoms with van der Waals surface area (Å²) in [5.41, 5.74) is 3.11. The van der Waals surface area contributed by atoms with E-state index in [-0.39, 0.29) is 5.91 Å². The van der Waals surface area contributed by atoms with Crippen molar-refractivity contribution in [2.24, 2.45) is 0 Å². The molecule has 1 N–H and O–H groups in total. The number of pyridine rings is 1. The molecule has 1 aromatic carbocycles. The van der Waals surface area contributed by atoms with Gasteiger partial charge in [0.15, 0.2) is 0 Å². The second-order valence-corrected chi connectivity index (χ2v) is 7.04. The largest absolute Gasteiger partial charge is 0.359 e. The zero-order valence-electron chi connectivity index (χ0n) is 16.1. The van der Waals surface area contributed by atoms with E-state index >= 15 is 0 Å². The second-order valence-electron chi connectivity index (χ2n) is 6.60. The summed E-state index contributed by atoms with van der Waals surface area (Å²) >= 11 is 6.04. The van der Waals surface area contributed by atoms with E-state index in [4.69, 9.17) is 11.6 Å². The third kappa shape index (κ3) is 5.04. The molecule has 0 aliphatic carbocycles. The molecule has 3 rings (SSSR count). The van der Waals surface area contributed by atoms with Crippen LogP contribution in [-0.2, 0) is 6.42 Å². The lowest BCUT2D eigenvalue weighted by atomic mass is 10.2. The van der Waals surface area contributed by atoms with Crippen molar-refractivity contribution in [2.45, 2.75) is 20.3 Å². The highest BCUT2D eigenvalue weighted by atomic mass is 35.5. The molecule has 28 heavy (non-hydrogen) atoms. The molecule has 1 amide bonds. The SMILES string of the molecule is Cc1nc(C(=O)Nc2cc(Cl)ccc2C)cc(N(C)CCc2ccncc2)n1. The molecule has 144 valence electrons. The summed E-state index contributed by atoms with van der Waals surface area (Å²) in [6, 6.07) is 11.1. The summed E-state index contributed by atoms with van der Waals surface area (Å²) in [5.74, 6) is 0.954. The van der Waals surface area contributed by atoms with E-state index in [0.717, 1.165) is 18.5 Å².